The lowest BCUT2D eigenvalue weighted by atomic mass is 10.1. The summed E-state index contributed by atoms with van der Waals surface area (Å²) in [7, 11) is -4.43. The summed E-state index contributed by atoms with van der Waals surface area (Å²) in [6.07, 6.45) is 3.37. The maximum Gasteiger partial charge on any atom is 0.374 e. The largest absolute Gasteiger partial charge is 0.743 e. The molecule has 33 heavy (non-hydrogen) atoms. The van der Waals surface area contributed by atoms with Crippen molar-refractivity contribution < 1.29 is 26.5 Å². The van der Waals surface area contributed by atoms with Crippen molar-refractivity contribution in [3.8, 4) is 0 Å². The van der Waals surface area contributed by atoms with Gasteiger partial charge in [0.15, 0.2) is 10.1 Å². The Morgan fingerprint density at radius 3 is 2.48 bits per heavy atom. The normalized spacial score (nSPS) is 12.0. The molecular formula is C25H25N2O4S2+. The molecule has 0 aliphatic rings. The fraction of sp³-hybridized carbons (Fsp3) is 0.200. The van der Waals surface area contributed by atoms with Crippen LogP contribution in [0.3, 0.4) is 0 Å². The quantitative estimate of drug-likeness (QED) is 0.269. The van der Waals surface area contributed by atoms with Crippen molar-refractivity contribution in [3.63, 3.8) is 0 Å². The molecule has 0 saturated heterocycles. The summed E-state index contributed by atoms with van der Waals surface area (Å²) < 4.78 is 44.4. The maximum absolute atomic E-state index is 11.2. The molecule has 0 fully saturated rings. The highest BCUT2D eigenvalue weighted by Gasteiger charge is 2.24. The van der Waals surface area contributed by atoms with Gasteiger partial charge in [-0.2, -0.15) is 4.57 Å². The summed E-state index contributed by atoms with van der Waals surface area (Å²) in [5, 5.41) is 3.19. The number of para-hydroxylation sites is 1. The van der Waals surface area contributed by atoms with Crippen LogP contribution in [0.5, 0.6) is 0 Å². The minimum Gasteiger partial charge on any atom is -0.743 e. The number of allylic oxidation sites excluding steroid dienone is 1. The topological polar surface area (TPSA) is 78.1 Å². The zero-order valence-corrected chi connectivity index (χ0v) is 20.3. The van der Waals surface area contributed by atoms with Crippen molar-refractivity contribution in [3.05, 3.63) is 77.6 Å². The molecule has 0 aliphatic heterocycles. The van der Waals surface area contributed by atoms with Gasteiger partial charge >= 0.3 is 5.89 Å². The SMILES string of the molecule is C/C=C/c1oc2ccc3ccccc3c2[n+]1CS(=O)(=O)[O-].CC[n+]1c(C)sc2ccccc21. The van der Waals surface area contributed by atoms with Gasteiger partial charge in [0, 0.05) is 19.1 Å². The molecular weight excluding hydrogens is 456 g/mol. The number of hydrogen-bond acceptors (Lipinski definition) is 5. The Hall–Kier alpha value is -3.07. The predicted molar refractivity (Wildman–Crippen MR) is 131 cm³/mol. The van der Waals surface area contributed by atoms with E-state index >= 15 is 0 Å². The summed E-state index contributed by atoms with van der Waals surface area (Å²) in [6, 6.07) is 19.8. The van der Waals surface area contributed by atoms with Gasteiger partial charge in [-0.1, -0.05) is 53.8 Å². The number of oxazole rings is 1. The van der Waals surface area contributed by atoms with Gasteiger partial charge in [-0.25, -0.2) is 8.42 Å². The Bertz CT molecular complexity index is 1580. The number of fused-ring (bicyclic) bond motifs is 4. The monoisotopic (exact) mass is 481 g/mol. The summed E-state index contributed by atoms with van der Waals surface area (Å²) >= 11 is 1.87. The van der Waals surface area contributed by atoms with Gasteiger partial charge in [-0.15, -0.1) is 4.57 Å². The van der Waals surface area contributed by atoms with Gasteiger partial charge < -0.3 is 8.97 Å². The number of aryl methyl sites for hydroxylation is 2. The van der Waals surface area contributed by atoms with Crippen molar-refractivity contribution in [1.29, 1.82) is 0 Å². The van der Waals surface area contributed by atoms with Crippen molar-refractivity contribution in [2.45, 2.75) is 33.2 Å². The summed E-state index contributed by atoms with van der Waals surface area (Å²) in [5.41, 5.74) is 2.52. The van der Waals surface area contributed by atoms with E-state index < -0.39 is 16.0 Å². The molecule has 6 nitrogen and oxygen atoms in total. The molecule has 3 aromatic carbocycles. The van der Waals surface area contributed by atoms with Crippen LogP contribution in [0.15, 0.2) is 71.2 Å². The minimum atomic E-state index is -4.43. The Kier molecular flexibility index (Phi) is 6.60. The van der Waals surface area contributed by atoms with E-state index in [9.17, 15) is 13.0 Å². The first kappa shape index (κ1) is 23.1. The summed E-state index contributed by atoms with van der Waals surface area (Å²) in [4.78, 5) is 0. The lowest BCUT2D eigenvalue weighted by molar-refractivity contribution is -0.669. The Balaban J connectivity index is 0.000000183. The van der Waals surface area contributed by atoms with E-state index in [0.717, 1.165) is 17.3 Å². The second kappa shape index (κ2) is 9.43. The first-order valence-electron chi connectivity index (χ1n) is 10.6. The van der Waals surface area contributed by atoms with Gasteiger partial charge in [-0.05, 0) is 37.4 Å². The first-order chi connectivity index (χ1) is 15.8. The van der Waals surface area contributed by atoms with E-state index in [1.54, 1.807) is 25.1 Å². The van der Waals surface area contributed by atoms with Gasteiger partial charge in [0.25, 0.3) is 5.52 Å². The molecule has 0 bridgehead atoms. The van der Waals surface area contributed by atoms with Crippen LogP contribution in [-0.2, 0) is 22.5 Å². The molecule has 5 aromatic rings. The lowest BCUT2D eigenvalue weighted by Gasteiger charge is -2.02. The van der Waals surface area contributed by atoms with Crippen LogP contribution >= 0.6 is 11.3 Å². The summed E-state index contributed by atoms with van der Waals surface area (Å²) in [5.74, 6) is -0.323. The molecule has 2 aromatic heterocycles. The fourth-order valence-corrected chi connectivity index (χ4v) is 5.63. The van der Waals surface area contributed by atoms with Crippen LogP contribution in [0, 0.1) is 6.92 Å². The number of nitrogens with zero attached hydrogens (tertiary/aromatic N) is 2. The van der Waals surface area contributed by atoms with Gasteiger partial charge in [0.05, 0.1) is 5.39 Å². The minimum absolute atomic E-state index is 0.336. The molecule has 0 radical (unpaired) electrons. The Morgan fingerprint density at radius 1 is 1.03 bits per heavy atom. The molecule has 2 heterocycles. The third-order valence-corrected chi connectivity index (χ3v) is 6.98. The highest BCUT2D eigenvalue weighted by molar-refractivity contribution is 7.84. The van der Waals surface area contributed by atoms with E-state index in [2.05, 4.69) is 42.7 Å². The molecule has 0 atom stereocenters. The average Bonchev–Trinajstić information content (AvgIpc) is 3.29. The zero-order valence-electron chi connectivity index (χ0n) is 18.7. The second-order valence-electron chi connectivity index (χ2n) is 7.52. The molecule has 0 amide bonds. The molecule has 8 heteroatoms. The van der Waals surface area contributed by atoms with E-state index in [1.165, 1.54) is 19.8 Å². The Morgan fingerprint density at radius 2 is 1.76 bits per heavy atom. The van der Waals surface area contributed by atoms with Crippen LogP contribution in [0.4, 0.5) is 0 Å². The van der Waals surface area contributed by atoms with Crippen molar-refractivity contribution in [1.82, 2.24) is 0 Å². The van der Waals surface area contributed by atoms with E-state index in [-0.39, 0.29) is 0 Å². The molecule has 0 spiro atoms. The molecule has 0 aliphatic carbocycles. The van der Waals surface area contributed by atoms with Gasteiger partial charge in [-0.3, -0.25) is 0 Å². The van der Waals surface area contributed by atoms with Crippen molar-refractivity contribution in [2.75, 3.05) is 0 Å². The van der Waals surface area contributed by atoms with Crippen LogP contribution < -0.4 is 9.13 Å². The Labute approximate surface area is 196 Å². The number of thiazole rings is 1. The third-order valence-electron chi connectivity index (χ3n) is 5.32. The number of hydrogen-bond donors (Lipinski definition) is 0. The smallest absolute Gasteiger partial charge is 0.374 e. The highest BCUT2D eigenvalue weighted by Crippen LogP contribution is 2.25. The third kappa shape index (κ3) is 4.83. The second-order valence-corrected chi connectivity index (χ2v) is 10.1. The molecule has 170 valence electrons. The molecule has 0 unspecified atom stereocenters. The predicted octanol–water partition coefficient (Wildman–Crippen LogP) is 4.93. The number of benzene rings is 3. The zero-order chi connectivity index (χ0) is 23.6. The van der Waals surface area contributed by atoms with Gasteiger partial charge in [0.1, 0.15) is 11.2 Å². The fourth-order valence-electron chi connectivity index (χ4n) is 3.97. The highest BCUT2D eigenvalue weighted by atomic mass is 32.2. The van der Waals surface area contributed by atoms with Crippen LogP contribution in [-0.4, -0.2) is 13.0 Å². The van der Waals surface area contributed by atoms with Crippen LogP contribution in [0.1, 0.15) is 24.7 Å². The van der Waals surface area contributed by atoms with Crippen molar-refractivity contribution >= 4 is 59.6 Å². The van der Waals surface area contributed by atoms with Crippen molar-refractivity contribution in [2.24, 2.45) is 0 Å². The summed E-state index contributed by atoms with van der Waals surface area (Å²) in [6.45, 7) is 7.22. The van der Waals surface area contributed by atoms with Crippen LogP contribution in [0.2, 0.25) is 0 Å². The number of rotatable bonds is 4. The standard InChI is InChI=1S/C15H13NO4S.C10H12NS/c1-2-5-14-16(10-21(17,18)19)15-12-7-4-3-6-11(12)8-9-13(15)20-14;1-3-11-8(2)12-10-7-5-4-6-9(10)11/h2-9H,10H2,1H3;4-7H,3H2,1-2H3/q;+1/b5-2+;. The van der Waals surface area contributed by atoms with Crippen LogP contribution in [0.25, 0.3) is 38.2 Å². The lowest BCUT2D eigenvalue weighted by Crippen LogP contribution is -2.39. The van der Waals surface area contributed by atoms with E-state index in [4.69, 9.17) is 4.42 Å². The van der Waals surface area contributed by atoms with E-state index in [0.29, 0.717) is 17.0 Å². The van der Waals surface area contributed by atoms with E-state index in [1.807, 2.05) is 41.7 Å². The number of aromatic nitrogens is 2. The van der Waals surface area contributed by atoms with Gasteiger partial charge in [0.2, 0.25) is 22.0 Å². The maximum atomic E-state index is 11.2. The molecule has 0 N–H and O–H groups in total. The molecule has 5 rings (SSSR count). The average molecular weight is 482 g/mol. The molecule has 0 saturated carbocycles. The first-order valence-corrected chi connectivity index (χ1v) is 13.0.